The van der Waals surface area contributed by atoms with Crippen molar-refractivity contribution in [3.63, 3.8) is 0 Å². The SMILES string of the molecule is CCCCCCCC1NCCC(N2CCN(CC)CC2)=C1NC(=O)C(=C(N)N)C(C)NCC(F)/C=C\C1(C(C)CCC)CCCC1. The smallest absolute Gasteiger partial charge is 0.256 e. The quantitative estimate of drug-likeness (QED) is 0.0699. The molecule has 46 heavy (non-hydrogen) atoms. The number of unbranched alkanes of at least 4 members (excludes halogenated alkanes) is 4. The number of carbonyl (C=O) groups is 1. The fourth-order valence-electron chi connectivity index (χ4n) is 7.92. The first-order valence-corrected chi connectivity index (χ1v) is 18.7. The standard InChI is InChI=1S/C37H68FN7O/c1-6-9-10-11-12-16-31-34(32(18-22-41-31)45-25-23-44(8-3)24-26-45)43-36(46)33(35(39)40)29(5)42-27-30(38)17-21-37(19-13-14-20-37)28(4)15-7-2/h17,21,28-31,41-42H,6-16,18-20,22-27,39-40H2,1-5H3,(H,43,46)/b21-17-. The minimum atomic E-state index is -1.16. The molecule has 4 atom stereocenters. The summed E-state index contributed by atoms with van der Waals surface area (Å²) in [6.07, 6.45) is 17.6. The van der Waals surface area contributed by atoms with Crippen LogP contribution >= 0.6 is 0 Å². The molecule has 0 aromatic carbocycles. The molecule has 2 fully saturated rings. The number of hydrogen-bond acceptors (Lipinski definition) is 7. The highest BCUT2D eigenvalue weighted by Gasteiger charge is 2.36. The molecule has 1 saturated heterocycles. The molecule has 0 bridgehead atoms. The number of alkyl halides is 1. The molecule has 9 heteroatoms. The van der Waals surface area contributed by atoms with E-state index in [0.29, 0.717) is 5.92 Å². The minimum absolute atomic E-state index is 0.0275. The van der Waals surface area contributed by atoms with Crippen LogP contribution in [0.25, 0.3) is 0 Å². The Morgan fingerprint density at radius 3 is 2.37 bits per heavy atom. The number of amides is 1. The van der Waals surface area contributed by atoms with Gasteiger partial charge in [-0.3, -0.25) is 4.79 Å². The second-order valence-electron chi connectivity index (χ2n) is 14.2. The number of nitrogens with one attached hydrogen (secondary N) is 3. The number of carbonyl (C=O) groups excluding carboxylic acids is 1. The van der Waals surface area contributed by atoms with E-state index in [1.54, 1.807) is 6.08 Å². The Morgan fingerprint density at radius 1 is 1.04 bits per heavy atom. The van der Waals surface area contributed by atoms with Crippen LogP contribution < -0.4 is 27.4 Å². The number of halogens is 1. The number of rotatable bonds is 19. The predicted octanol–water partition coefficient (Wildman–Crippen LogP) is 5.67. The lowest BCUT2D eigenvalue weighted by atomic mass is 9.72. The van der Waals surface area contributed by atoms with Crippen LogP contribution in [-0.2, 0) is 4.79 Å². The summed E-state index contributed by atoms with van der Waals surface area (Å²) in [7, 11) is 0. The van der Waals surface area contributed by atoms with Gasteiger partial charge in [0.2, 0.25) is 0 Å². The van der Waals surface area contributed by atoms with Gasteiger partial charge in [-0.15, -0.1) is 0 Å². The molecule has 0 radical (unpaired) electrons. The molecule has 7 N–H and O–H groups in total. The summed E-state index contributed by atoms with van der Waals surface area (Å²) in [4.78, 5) is 18.9. The Balaban J connectivity index is 1.71. The van der Waals surface area contributed by atoms with E-state index in [1.807, 2.05) is 6.92 Å². The van der Waals surface area contributed by atoms with Gasteiger partial charge in [-0.2, -0.15) is 0 Å². The lowest BCUT2D eigenvalue weighted by Gasteiger charge is -2.41. The Hall–Kier alpha value is -2.10. The van der Waals surface area contributed by atoms with E-state index >= 15 is 4.39 Å². The van der Waals surface area contributed by atoms with Crippen LogP contribution in [0.3, 0.4) is 0 Å². The normalized spacial score (nSPS) is 22.7. The Kier molecular flexibility index (Phi) is 16.4. The van der Waals surface area contributed by atoms with Crippen molar-refractivity contribution >= 4 is 5.91 Å². The first-order valence-electron chi connectivity index (χ1n) is 18.7. The first kappa shape index (κ1) is 38.3. The Morgan fingerprint density at radius 2 is 1.74 bits per heavy atom. The van der Waals surface area contributed by atoms with E-state index in [4.69, 9.17) is 11.5 Å². The van der Waals surface area contributed by atoms with Crippen molar-refractivity contribution in [2.45, 2.75) is 136 Å². The number of likely N-dealkylation sites (N-methyl/N-ethyl adjacent to an activating group) is 1. The van der Waals surface area contributed by atoms with Gasteiger partial charge in [0, 0.05) is 63.5 Å². The molecular weight excluding hydrogens is 577 g/mol. The molecule has 2 heterocycles. The molecule has 3 aliphatic rings. The van der Waals surface area contributed by atoms with Crippen molar-refractivity contribution in [2.75, 3.05) is 45.8 Å². The van der Waals surface area contributed by atoms with Gasteiger partial charge < -0.3 is 37.2 Å². The zero-order valence-corrected chi connectivity index (χ0v) is 29.9. The molecule has 1 amide bonds. The van der Waals surface area contributed by atoms with Gasteiger partial charge >= 0.3 is 0 Å². The predicted molar refractivity (Wildman–Crippen MR) is 191 cm³/mol. The summed E-state index contributed by atoms with van der Waals surface area (Å²) in [5, 5.41) is 10.2. The van der Waals surface area contributed by atoms with E-state index in [1.165, 1.54) is 44.2 Å². The Bertz CT molecular complexity index is 1010. The van der Waals surface area contributed by atoms with Gasteiger partial charge in [0.25, 0.3) is 5.91 Å². The maximum Gasteiger partial charge on any atom is 0.256 e. The third-order valence-corrected chi connectivity index (χ3v) is 10.9. The Labute approximate surface area is 280 Å². The van der Waals surface area contributed by atoms with E-state index in [9.17, 15) is 4.79 Å². The van der Waals surface area contributed by atoms with Gasteiger partial charge in [0.05, 0.1) is 11.3 Å². The highest BCUT2D eigenvalue weighted by atomic mass is 19.1. The van der Waals surface area contributed by atoms with Gasteiger partial charge in [-0.05, 0) is 44.1 Å². The van der Waals surface area contributed by atoms with Gasteiger partial charge in [-0.25, -0.2) is 4.39 Å². The second-order valence-corrected chi connectivity index (χ2v) is 14.2. The van der Waals surface area contributed by atoms with Crippen molar-refractivity contribution in [2.24, 2.45) is 22.8 Å². The third kappa shape index (κ3) is 11.0. The van der Waals surface area contributed by atoms with Crippen molar-refractivity contribution in [1.82, 2.24) is 25.8 Å². The van der Waals surface area contributed by atoms with E-state index < -0.39 is 12.2 Å². The molecule has 8 nitrogen and oxygen atoms in total. The molecule has 0 spiro atoms. The van der Waals surface area contributed by atoms with E-state index in [-0.39, 0.29) is 35.3 Å². The van der Waals surface area contributed by atoms with Crippen molar-refractivity contribution in [3.8, 4) is 0 Å². The van der Waals surface area contributed by atoms with Gasteiger partial charge in [-0.1, -0.05) is 97.6 Å². The molecule has 0 aromatic rings. The van der Waals surface area contributed by atoms with E-state index in [0.717, 1.165) is 89.9 Å². The minimum Gasteiger partial charge on any atom is -0.385 e. The lowest BCUT2D eigenvalue weighted by molar-refractivity contribution is -0.117. The van der Waals surface area contributed by atoms with Crippen LogP contribution in [0.2, 0.25) is 0 Å². The van der Waals surface area contributed by atoms with Crippen molar-refractivity contribution < 1.29 is 9.18 Å². The molecule has 1 saturated carbocycles. The lowest BCUT2D eigenvalue weighted by Crippen LogP contribution is -2.51. The molecule has 1 aliphatic carbocycles. The van der Waals surface area contributed by atoms with Crippen LogP contribution in [0.1, 0.15) is 118 Å². The monoisotopic (exact) mass is 646 g/mol. The summed E-state index contributed by atoms with van der Waals surface area (Å²) in [5.41, 5.74) is 14.8. The summed E-state index contributed by atoms with van der Waals surface area (Å²) < 4.78 is 15.3. The number of hydrogen-bond donors (Lipinski definition) is 5. The largest absolute Gasteiger partial charge is 0.385 e. The summed E-state index contributed by atoms with van der Waals surface area (Å²) in [6.45, 7) is 16.8. The first-order chi connectivity index (χ1) is 22.2. The van der Waals surface area contributed by atoms with Crippen LogP contribution in [0.15, 0.2) is 34.9 Å². The number of nitrogens with two attached hydrogens (primary N) is 2. The van der Waals surface area contributed by atoms with Crippen LogP contribution in [0.5, 0.6) is 0 Å². The maximum atomic E-state index is 15.3. The number of piperazine rings is 1. The average Bonchev–Trinajstić information content (AvgIpc) is 3.54. The molecule has 2 aliphatic heterocycles. The topological polar surface area (TPSA) is 112 Å². The number of nitrogens with zero attached hydrogens (tertiary/aromatic N) is 2. The zero-order valence-electron chi connectivity index (χ0n) is 29.9. The fraction of sp³-hybridized carbons (Fsp3) is 0.811. The maximum absolute atomic E-state index is 15.3. The van der Waals surface area contributed by atoms with E-state index in [2.05, 4.69) is 59.5 Å². The van der Waals surface area contributed by atoms with Crippen molar-refractivity contribution in [1.29, 1.82) is 0 Å². The molecule has 264 valence electrons. The van der Waals surface area contributed by atoms with Gasteiger partial charge in [0.1, 0.15) is 12.0 Å². The van der Waals surface area contributed by atoms with Crippen LogP contribution in [-0.4, -0.2) is 79.8 Å². The molecular formula is C37H68FN7O. The molecule has 3 rings (SSSR count). The van der Waals surface area contributed by atoms with Gasteiger partial charge in [0.15, 0.2) is 0 Å². The summed E-state index contributed by atoms with van der Waals surface area (Å²) in [5.74, 6) is 0.221. The fourth-order valence-corrected chi connectivity index (χ4v) is 7.92. The highest BCUT2D eigenvalue weighted by molar-refractivity contribution is 5.96. The molecule has 4 unspecified atom stereocenters. The summed E-state index contributed by atoms with van der Waals surface area (Å²) >= 11 is 0. The average molecular weight is 646 g/mol. The zero-order chi connectivity index (χ0) is 33.5. The van der Waals surface area contributed by atoms with Crippen LogP contribution in [0.4, 0.5) is 4.39 Å². The van der Waals surface area contributed by atoms with Crippen molar-refractivity contribution in [3.05, 3.63) is 34.9 Å². The second kappa shape index (κ2) is 19.7. The molecule has 0 aromatic heterocycles. The number of allylic oxidation sites excluding steroid dienone is 1. The summed E-state index contributed by atoms with van der Waals surface area (Å²) in [6, 6.07) is -0.433. The van der Waals surface area contributed by atoms with Crippen LogP contribution in [0, 0.1) is 11.3 Å². The highest BCUT2D eigenvalue weighted by Crippen LogP contribution is 2.47. The third-order valence-electron chi connectivity index (χ3n) is 10.9.